The van der Waals surface area contributed by atoms with Gasteiger partial charge in [0.2, 0.25) is 0 Å². The van der Waals surface area contributed by atoms with Crippen LogP contribution in [0.5, 0.6) is 0 Å². The van der Waals surface area contributed by atoms with Gasteiger partial charge in [0.05, 0.1) is 0 Å². The van der Waals surface area contributed by atoms with Gasteiger partial charge in [0, 0.05) is 19.7 Å². The molecule has 0 spiro atoms. The van der Waals surface area contributed by atoms with Gasteiger partial charge in [-0.15, -0.1) is 0 Å². The molecule has 0 aliphatic carbocycles. The van der Waals surface area contributed by atoms with Crippen molar-refractivity contribution in [1.29, 1.82) is 0 Å². The summed E-state index contributed by atoms with van der Waals surface area (Å²) in [6.07, 6.45) is 3.33. The number of unbranched alkanes of at least 4 members (excludes halogenated alkanes) is 2. The van der Waals surface area contributed by atoms with Crippen molar-refractivity contribution in [3.8, 4) is 0 Å². The van der Waals surface area contributed by atoms with Crippen LogP contribution in [0.3, 0.4) is 0 Å². The van der Waals surface area contributed by atoms with Crippen molar-refractivity contribution >= 4 is 5.97 Å². The Balaban J connectivity index is 2.22. The first kappa shape index (κ1) is 12.4. The Morgan fingerprint density at radius 2 is 2.13 bits per heavy atom. The average Bonchev–Trinajstić information content (AvgIpc) is 2.57. The van der Waals surface area contributed by atoms with Gasteiger partial charge in [-0.1, -0.05) is 0 Å². The second-order valence-electron chi connectivity index (χ2n) is 4.27. The fourth-order valence-corrected chi connectivity index (χ4v) is 1.90. The molecular formula is C10H20N2O3. The minimum atomic E-state index is -1.04. The largest absolute Gasteiger partial charge is 0.480 e. The number of carbonyl (C=O) groups is 1. The predicted octanol–water partition coefficient (Wildman–Crippen LogP) is -0.363. The molecule has 0 aromatic carbocycles. The third-order valence-corrected chi connectivity index (χ3v) is 2.94. The van der Waals surface area contributed by atoms with Crippen molar-refractivity contribution in [1.82, 2.24) is 4.90 Å². The van der Waals surface area contributed by atoms with E-state index in [4.69, 9.17) is 15.9 Å². The predicted molar refractivity (Wildman–Crippen MR) is 56.5 cm³/mol. The highest BCUT2D eigenvalue weighted by Crippen LogP contribution is 2.19. The molecule has 0 bridgehead atoms. The third kappa shape index (κ3) is 3.44. The first-order chi connectivity index (χ1) is 7.08. The van der Waals surface area contributed by atoms with Crippen molar-refractivity contribution in [3.05, 3.63) is 0 Å². The molecule has 1 unspecified atom stereocenters. The van der Waals surface area contributed by atoms with E-state index in [0.29, 0.717) is 13.0 Å². The molecule has 0 aromatic heterocycles. The maximum atomic E-state index is 10.9. The van der Waals surface area contributed by atoms with E-state index in [1.54, 1.807) is 0 Å². The minimum absolute atomic E-state index is 0.232. The van der Waals surface area contributed by atoms with Gasteiger partial charge >= 0.3 is 5.97 Å². The number of carboxylic acids is 1. The Bertz CT molecular complexity index is 223. The molecule has 0 radical (unpaired) electrons. The van der Waals surface area contributed by atoms with Crippen LogP contribution in [-0.4, -0.2) is 52.9 Å². The minimum Gasteiger partial charge on any atom is -0.480 e. The van der Waals surface area contributed by atoms with Crippen molar-refractivity contribution in [2.45, 2.75) is 31.2 Å². The van der Waals surface area contributed by atoms with Gasteiger partial charge in [-0.2, -0.15) is 0 Å². The summed E-state index contributed by atoms with van der Waals surface area (Å²) in [5, 5.41) is 17.5. The molecule has 88 valence electrons. The van der Waals surface area contributed by atoms with Gasteiger partial charge in [0.1, 0.15) is 5.54 Å². The van der Waals surface area contributed by atoms with Crippen LogP contribution in [0.4, 0.5) is 0 Å². The number of aliphatic carboxylic acids is 1. The first-order valence-electron chi connectivity index (χ1n) is 5.44. The summed E-state index contributed by atoms with van der Waals surface area (Å²) in [5.74, 6) is -0.902. The van der Waals surface area contributed by atoms with Crippen molar-refractivity contribution in [3.63, 3.8) is 0 Å². The quantitative estimate of drug-likeness (QED) is 0.528. The molecule has 0 amide bonds. The lowest BCUT2D eigenvalue weighted by molar-refractivity contribution is -0.142. The van der Waals surface area contributed by atoms with Gasteiger partial charge in [-0.25, -0.2) is 0 Å². The van der Waals surface area contributed by atoms with E-state index in [1.807, 2.05) is 0 Å². The molecular weight excluding hydrogens is 196 g/mol. The number of nitrogens with two attached hydrogens (primary N) is 1. The molecule has 1 rings (SSSR count). The Morgan fingerprint density at radius 3 is 2.67 bits per heavy atom. The van der Waals surface area contributed by atoms with Gasteiger partial charge in [0.25, 0.3) is 0 Å². The summed E-state index contributed by atoms with van der Waals surface area (Å²) in [6, 6.07) is 0. The molecule has 0 aromatic rings. The SMILES string of the molecule is NC1(C(=O)O)CCN(CCCCCO)C1. The van der Waals surface area contributed by atoms with E-state index in [-0.39, 0.29) is 6.61 Å². The van der Waals surface area contributed by atoms with Crippen LogP contribution in [0.15, 0.2) is 0 Å². The molecule has 1 heterocycles. The topological polar surface area (TPSA) is 86.8 Å². The van der Waals surface area contributed by atoms with Crippen LogP contribution in [0.1, 0.15) is 25.7 Å². The maximum absolute atomic E-state index is 10.9. The van der Waals surface area contributed by atoms with Crippen molar-refractivity contribution < 1.29 is 15.0 Å². The molecule has 1 aliphatic rings. The smallest absolute Gasteiger partial charge is 0.325 e. The van der Waals surface area contributed by atoms with Crippen LogP contribution in [0.25, 0.3) is 0 Å². The zero-order valence-corrected chi connectivity index (χ0v) is 8.98. The molecule has 1 fully saturated rings. The van der Waals surface area contributed by atoms with Crippen LogP contribution in [0.2, 0.25) is 0 Å². The number of carboxylic acid groups (broad SMARTS) is 1. The lowest BCUT2D eigenvalue weighted by Crippen LogP contribution is -2.50. The van der Waals surface area contributed by atoms with E-state index >= 15 is 0 Å². The number of likely N-dealkylation sites (tertiary alicyclic amines) is 1. The van der Waals surface area contributed by atoms with Crippen molar-refractivity contribution in [2.75, 3.05) is 26.2 Å². The highest BCUT2D eigenvalue weighted by atomic mass is 16.4. The Kier molecular flexibility index (Phi) is 4.50. The number of hydrogen-bond donors (Lipinski definition) is 3. The van der Waals surface area contributed by atoms with Gasteiger partial charge < -0.3 is 20.8 Å². The fourth-order valence-electron chi connectivity index (χ4n) is 1.90. The first-order valence-corrected chi connectivity index (χ1v) is 5.44. The molecule has 5 heteroatoms. The lowest BCUT2D eigenvalue weighted by Gasteiger charge is -2.19. The van der Waals surface area contributed by atoms with Crippen molar-refractivity contribution in [2.24, 2.45) is 5.73 Å². The normalized spacial score (nSPS) is 27.1. The zero-order chi connectivity index (χ0) is 11.3. The monoisotopic (exact) mass is 216 g/mol. The maximum Gasteiger partial charge on any atom is 0.325 e. The number of aliphatic hydroxyl groups excluding tert-OH is 1. The van der Waals surface area contributed by atoms with Crippen LogP contribution >= 0.6 is 0 Å². The Hall–Kier alpha value is -0.650. The fraction of sp³-hybridized carbons (Fsp3) is 0.900. The number of nitrogens with zero attached hydrogens (tertiary/aromatic N) is 1. The molecule has 0 saturated carbocycles. The van der Waals surface area contributed by atoms with E-state index in [9.17, 15) is 4.79 Å². The molecule has 4 N–H and O–H groups in total. The summed E-state index contributed by atoms with van der Waals surface area (Å²) >= 11 is 0. The van der Waals surface area contributed by atoms with Gasteiger partial charge in [-0.05, 0) is 32.2 Å². The molecule has 1 aliphatic heterocycles. The highest BCUT2D eigenvalue weighted by Gasteiger charge is 2.40. The van der Waals surface area contributed by atoms with Crippen LogP contribution < -0.4 is 5.73 Å². The number of hydrogen-bond acceptors (Lipinski definition) is 4. The summed E-state index contributed by atoms with van der Waals surface area (Å²) in [7, 11) is 0. The van der Waals surface area contributed by atoms with Crippen LogP contribution in [-0.2, 0) is 4.79 Å². The molecule has 15 heavy (non-hydrogen) atoms. The number of aliphatic hydroxyl groups is 1. The number of rotatable bonds is 6. The van der Waals surface area contributed by atoms with E-state index < -0.39 is 11.5 Å². The highest BCUT2D eigenvalue weighted by molar-refractivity contribution is 5.79. The Morgan fingerprint density at radius 1 is 1.40 bits per heavy atom. The third-order valence-electron chi connectivity index (χ3n) is 2.94. The Labute approximate surface area is 89.9 Å². The van der Waals surface area contributed by atoms with E-state index in [2.05, 4.69) is 4.90 Å². The van der Waals surface area contributed by atoms with Gasteiger partial charge in [0.15, 0.2) is 0 Å². The molecule has 1 saturated heterocycles. The van der Waals surface area contributed by atoms with Crippen LogP contribution in [0, 0.1) is 0 Å². The molecule has 5 nitrogen and oxygen atoms in total. The average molecular weight is 216 g/mol. The second kappa shape index (κ2) is 5.44. The summed E-state index contributed by atoms with van der Waals surface area (Å²) in [4.78, 5) is 12.9. The summed E-state index contributed by atoms with van der Waals surface area (Å²) in [6.45, 7) is 2.32. The summed E-state index contributed by atoms with van der Waals surface area (Å²) in [5.41, 5.74) is 4.70. The summed E-state index contributed by atoms with van der Waals surface area (Å²) < 4.78 is 0. The lowest BCUT2D eigenvalue weighted by atomic mass is 10.0. The second-order valence-corrected chi connectivity index (χ2v) is 4.27. The van der Waals surface area contributed by atoms with E-state index in [0.717, 1.165) is 32.4 Å². The molecule has 1 atom stereocenters. The van der Waals surface area contributed by atoms with Gasteiger partial charge in [-0.3, -0.25) is 4.79 Å². The van der Waals surface area contributed by atoms with E-state index in [1.165, 1.54) is 0 Å². The zero-order valence-electron chi connectivity index (χ0n) is 8.98. The standard InChI is InChI=1S/C10H20N2O3/c11-10(9(14)15)4-6-12(8-10)5-2-1-3-7-13/h13H,1-8,11H2,(H,14,15).